The molecule has 0 aromatic heterocycles. The van der Waals surface area contributed by atoms with Crippen LogP contribution in [-0.4, -0.2) is 63.4 Å². The number of rotatable bonds is 8. The molecule has 0 bridgehead atoms. The van der Waals surface area contributed by atoms with Crippen molar-refractivity contribution in [3.8, 4) is 0 Å². The Kier molecular flexibility index (Phi) is 7.71. The number of esters is 1. The highest BCUT2D eigenvalue weighted by Gasteiger charge is 2.31. The average molecular weight is 458 g/mol. The largest absolute Gasteiger partial charge is 0.463 e. The molecule has 0 radical (unpaired) electrons. The first kappa shape index (κ1) is 24.0. The standard InChI is InChI=1S/C24H31N3O4S/c1-5-31-24(28)18(2)16-19-6-8-20(9-7-19)25-21-10-12-23(13-11-21)32(29,30)27(4)22-14-15-26(3)17-22/h6-13,16,22,25H,5,14-15,17H2,1-4H3/b18-16+. The van der Waals surface area contributed by atoms with E-state index in [4.69, 9.17) is 4.74 Å². The van der Waals surface area contributed by atoms with Crippen molar-refractivity contribution in [3.63, 3.8) is 0 Å². The summed E-state index contributed by atoms with van der Waals surface area (Å²) in [5, 5.41) is 3.27. The predicted molar refractivity (Wildman–Crippen MR) is 127 cm³/mol. The summed E-state index contributed by atoms with van der Waals surface area (Å²) in [4.78, 5) is 14.2. The smallest absolute Gasteiger partial charge is 0.333 e. The molecule has 1 fully saturated rings. The maximum atomic E-state index is 13.0. The van der Waals surface area contributed by atoms with Crippen molar-refractivity contribution in [1.29, 1.82) is 0 Å². The van der Waals surface area contributed by atoms with Gasteiger partial charge in [0, 0.05) is 36.6 Å². The Balaban J connectivity index is 1.65. The van der Waals surface area contributed by atoms with Gasteiger partial charge in [-0.25, -0.2) is 13.2 Å². The van der Waals surface area contributed by atoms with Crippen LogP contribution in [0.25, 0.3) is 6.08 Å². The van der Waals surface area contributed by atoms with E-state index in [1.807, 2.05) is 31.3 Å². The Morgan fingerprint density at radius 2 is 1.75 bits per heavy atom. The molecule has 2 aromatic rings. The number of hydrogen-bond acceptors (Lipinski definition) is 6. The van der Waals surface area contributed by atoms with Crippen molar-refractivity contribution in [3.05, 3.63) is 59.7 Å². The third-order valence-corrected chi connectivity index (χ3v) is 7.52. The van der Waals surface area contributed by atoms with Crippen LogP contribution in [0.5, 0.6) is 0 Å². The van der Waals surface area contributed by atoms with Crippen LogP contribution in [0.15, 0.2) is 59.0 Å². The first-order valence-corrected chi connectivity index (χ1v) is 12.1. The van der Waals surface area contributed by atoms with E-state index in [2.05, 4.69) is 10.2 Å². The van der Waals surface area contributed by atoms with E-state index in [1.165, 1.54) is 4.31 Å². The van der Waals surface area contributed by atoms with Crippen molar-refractivity contribution >= 4 is 33.4 Å². The molecule has 7 nitrogen and oxygen atoms in total. The highest BCUT2D eigenvalue weighted by molar-refractivity contribution is 7.89. The van der Waals surface area contributed by atoms with Crippen LogP contribution in [0.3, 0.4) is 0 Å². The summed E-state index contributed by atoms with van der Waals surface area (Å²) in [6.07, 6.45) is 2.62. The average Bonchev–Trinajstić information content (AvgIpc) is 3.21. The second-order valence-corrected chi connectivity index (χ2v) is 10.0. The molecule has 1 N–H and O–H groups in total. The molecule has 8 heteroatoms. The van der Waals surface area contributed by atoms with Crippen molar-refractivity contribution < 1.29 is 17.9 Å². The number of nitrogens with one attached hydrogen (secondary N) is 1. The third kappa shape index (κ3) is 5.76. The van der Waals surface area contributed by atoms with E-state index in [0.29, 0.717) is 12.2 Å². The normalized spacial score (nSPS) is 17.5. The number of carbonyl (C=O) groups is 1. The van der Waals surface area contributed by atoms with Crippen molar-refractivity contribution in [2.75, 3.05) is 39.1 Å². The summed E-state index contributed by atoms with van der Waals surface area (Å²) >= 11 is 0. The number of likely N-dealkylation sites (tertiary alicyclic amines) is 1. The highest BCUT2D eigenvalue weighted by atomic mass is 32.2. The second-order valence-electron chi connectivity index (χ2n) is 8.05. The number of likely N-dealkylation sites (N-methyl/N-ethyl adjacent to an activating group) is 2. The molecule has 1 saturated heterocycles. The van der Waals surface area contributed by atoms with E-state index in [-0.39, 0.29) is 16.9 Å². The molecule has 0 aliphatic carbocycles. The van der Waals surface area contributed by atoms with Crippen LogP contribution in [0.1, 0.15) is 25.8 Å². The van der Waals surface area contributed by atoms with Crippen LogP contribution in [-0.2, 0) is 19.6 Å². The summed E-state index contributed by atoms with van der Waals surface area (Å²) in [6, 6.07) is 14.4. The number of carbonyl (C=O) groups excluding carboxylic acids is 1. The molecule has 1 aliphatic rings. The Labute approximate surface area is 190 Å². The minimum atomic E-state index is -3.53. The van der Waals surface area contributed by atoms with Gasteiger partial charge in [-0.05, 0) is 81.9 Å². The van der Waals surface area contributed by atoms with Gasteiger partial charge in [0.25, 0.3) is 0 Å². The van der Waals surface area contributed by atoms with Crippen molar-refractivity contribution in [1.82, 2.24) is 9.21 Å². The van der Waals surface area contributed by atoms with Gasteiger partial charge in [-0.1, -0.05) is 12.1 Å². The lowest BCUT2D eigenvalue weighted by Crippen LogP contribution is -2.38. The minimum Gasteiger partial charge on any atom is -0.463 e. The number of anilines is 2. The molecule has 172 valence electrons. The Morgan fingerprint density at radius 1 is 1.16 bits per heavy atom. The lowest BCUT2D eigenvalue weighted by atomic mass is 10.1. The van der Waals surface area contributed by atoms with Crippen LogP contribution in [0, 0.1) is 0 Å². The van der Waals surface area contributed by atoms with Gasteiger partial charge in [0.05, 0.1) is 11.5 Å². The van der Waals surface area contributed by atoms with Crippen LogP contribution in [0.4, 0.5) is 11.4 Å². The summed E-state index contributed by atoms with van der Waals surface area (Å²) in [5.41, 5.74) is 3.08. The molecule has 32 heavy (non-hydrogen) atoms. The van der Waals surface area contributed by atoms with E-state index in [0.717, 1.165) is 36.4 Å². The predicted octanol–water partition coefficient (Wildman–Crippen LogP) is 3.72. The van der Waals surface area contributed by atoms with E-state index >= 15 is 0 Å². The van der Waals surface area contributed by atoms with Crippen molar-refractivity contribution in [2.24, 2.45) is 0 Å². The number of ether oxygens (including phenoxy) is 1. The summed E-state index contributed by atoms with van der Waals surface area (Å²) in [5.74, 6) is -0.324. The first-order chi connectivity index (χ1) is 15.2. The van der Waals surface area contributed by atoms with E-state index in [1.54, 1.807) is 51.2 Å². The van der Waals surface area contributed by atoms with Crippen LogP contribution in [0.2, 0.25) is 0 Å². The van der Waals surface area contributed by atoms with Gasteiger partial charge in [-0.15, -0.1) is 0 Å². The molecular weight excluding hydrogens is 426 g/mol. The fourth-order valence-electron chi connectivity index (χ4n) is 3.66. The summed E-state index contributed by atoms with van der Waals surface area (Å²) in [7, 11) is 0.134. The fraction of sp³-hybridized carbons (Fsp3) is 0.375. The van der Waals surface area contributed by atoms with E-state index in [9.17, 15) is 13.2 Å². The molecule has 1 atom stereocenters. The van der Waals surface area contributed by atoms with E-state index < -0.39 is 10.0 Å². The Hall–Kier alpha value is -2.68. The van der Waals surface area contributed by atoms with Gasteiger partial charge >= 0.3 is 5.97 Å². The molecule has 0 saturated carbocycles. The lowest BCUT2D eigenvalue weighted by Gasteiger charge is -2.24. The molecular formula is C24H31N3O4S. The SMILES string of the molecule is CCOC(=O)/C(C)=C/c1ccc(Nc2ccc(S(=O)(=O)N(C)C3CCN(C)C3)cc2)cc1. The zero-order valence-electron chi connectivity index (χ0n) is 19.0. The molecule has 2 aromatic carbocycles. The Bertz CT molecular complexity index is 1060. The monoisotopic (exact) mass is 457 g/mol. The zero-order valence-corrected chi connectivity index (χ0v) is 19.9. The quantitative estimate of drug-likeness (QED) is 0.481. The third-order valence-electron chi connectivity index (χ3n) is 5.59. The zero-order chi connectivity index (χ0) is 23.3. The first-order valence-electron chi connectivity index (χ1n) is 10.7. The van der Waals surface area contributed by atoms with Gasteiger partial charge in [-0.3, -0.25) is 0 Å². The maximum absolute atomic E-state index is 13.0. The van der Waals surface area contributed by atoms with Crippen LogP contribution < -0.4 is 5.32 Å². The van der Waals surface area contributed by atoms with Gasteiger partial charge in [0.15, 0.2) is 0 Å². The van der Waals surface area contributed by atoms with Gasteiger partial charge in [0.2, 0.25) is 10.0 Å². The van der Waals surface area contributed by atoms with Gasteiger partial charge in [-0.2, -0.15) is 4.31 Å². The summed E-state index contributed by atoms with van der Waals surface area (Å²) in [6.45, 7) is 5.51. The maximum Gasteiger partial charge on any atom is 0.333 e. The van der Waals surface area contributed by atoms with Crippen LogP contribution >= 0.6 is 0 Å². The topological polar surface area (TPSA) is 78.9 Å². The lowest BCUT2D eigenvalue weighted by molar-refractivity contribution is -0.138. The summed E-state index contributed by atoms with van der Waals surface area (Å²) < 4.78 is 32.4. The van der Waals surface area contributed by atoms with Gasteiger partial charge < -0.3 is 15.0 Å². The number of sulfonamides is 1. The molecule has 1 unspecified atom stereocenters. The minimum absolute atomic E-state index is 0.00262. The highest BCUT2D eigenvalue weighted by Crippen LogP contribution is 2.24. The molecule has 1 aliphatic heterocycles. The Morgan fingerprint density at radius 3 is 2.28 bits per heavy atom. The van der Waals surface area contributed by atoms with Crippen molar-refractivity contribution in [2.45, 2.75) is 31.2 Å². The fourth-order valence-corrected chi connectivity index (χ4v) is 5.04. The number of benzene rings is 2. The second kappa shape index (κ2) is 10.3. The molecule has 1 heterocycles. The molecule has 0 spiro atoms. The number of nitrogens with zero attached hydrogens (tertiary/aromatic N) is 2. The molecule has 0 amide bonds. The molecule has 3 rings (SSSR count). The number of hydrogen-bond donors (Lipinski definition) is 1. The van der Waals surface area contributed by atoms with Gasteiger partial charge in [0.1, 0.15) is 0 Å².